The summed E-state index contributed by atoms with van der Waals surface area (Å²) in [5.74, 6) is 0.137. The van der Waals surface area contributed by atoms with Crippen molar-refractivity contribution in [3.05, 3.63) is 35.9 Å². The number of amides is 1. The van der Waals surface area contributed by atoms with Crippen molar-refractivity contribution in [3.8, 4) is 0 Å². The van der Waals surface area contributed by atoms with Crippen LogP contribution in [0.15, 0.2) is 30.3 Å². The molecule has 1 saturated heterocycles. The predicted octanol–water partition coefficient (Wildman–Crippen LogP) is 0.800. The van der Waals surface area contributed by atoms with Crippen molar-refractivity contribution in [1.29, 1.82) is 0 Å². The maximum absolute atomic E-state index is 12.4. The van der Waals surface area contributed by atoms with Gasteiger partial charge < -0.3 is 15.3 Å². The minimum absolute atomic E-state index is 0.137. The van der Waals surface area contributed by atoms with E-state index in [1.54, 1.807) is 0 Å². The number of benzene rings is 1. The molecule has 1 atom stereocenters. The molecule has 2 N–H and O–H groups in total. The van der Waals surface area contributed by atoms with Crippen LogP contribution in [0, 0.1) is 0 Å². The molecule has 0 aliphatic carbocycles. The molecule has 0 bridgehead atoms. The largest absolute Gasteiger partial charge is 0.393 e. The van der Waals surface area contributed by atoms with Gasteiger partial charge in [-0.2, -0.15) is 0 Å². The standard InChI is InChI=1S/C15H22N2O2/c1-16-14(11-12-5-3-2-4-6-12)15(19)17-9-7-13(18)8-10-17/h2-6,13-14,16,18H,7-11H2,1H3/t14-/m1/s1. The van der Waals surface area contributed by atoms with E-state index in [0.717, 1.165) is 5.56 Å². The Balaban J connectivity index is 1.95. The Morgan fingerprint density at radius 1 is 1.37 bits per heavy atom. The van der Waals surface area contributed by atoms with Gasteiger partial charge in [-0.25, -0.2) is 0 Å². The van der Waals surface area contributed by atoms with Gasteiger partial charge in [-0.15, -0.1) is 0 Å². The second kappa shape index (κ2) is 6.68. The first-order valence-corrected chi connectivity index (χ1v) is 6.88. The summed E-state index contributed by atoms with van der Waals surface area (Å²) in [6, 6.07) is 9.85. The van der Waals surface area contributed by atoms with Gasteiger partial charge in [-0.1, -0.05) is 30.3 Å². The quantitative estimate of drug-likeness (QED) is 0.844. The van der Waals surface area contributed by atoms with E-state index in [0.29, 0.717) is 32.4 Å². The van der Waals surface area contributed by atoms with Crippen LogP contribution in [0.2, 0.25) is 0 Å². The van der Waals surface area contributed by atoms with Crippen molar-refractivity contribution in [1.82, 2.24) is 10.2 Å². The molecule has 1 aliphatic heterocycles. The summed E-state index contributed by atoms with van der Waals surface area (Å²) < 4.78 is 0. The average Bonchev–Trinajstić information content (AvgIpc) is 2.46. The Hall–Kier alpha value is -1.39. The number of nitrogens with one attached hydrogen (secondary N) is 1. The van der Waals surface area contributed by atoms with Crippen molar-refractivity contribution in [2.45, 2.75) is 31.4 Å². The fourth-order valence-electron chi connectivity index (χ4n) is 2.47. The molecule has 1 aliphatic rings. The minimum atomic E-state index is -0.244. The summed E-state index contributed by atoms with van der Waals surface area (Å²) >= 11 is 0. The van der Waals surface area contributed by atoms with Gasteiger partial charge in [0.1, 0.15) is 0 Å². The summed E-state index contributed by atoms with van der Waals surface area (Å²) in [5, 5.41) is 12.6. The fraction of sp³-hybridized carbons (Fsp3) is 0.533. The molecular formula is C15H22N2O2. The van der Waals surface area contributed by atoms with E-state index in [9.17, 15) is 9.90 Å². The molecule has 0 unspecified atom stereocenters. The Bertz CT molecular complexity index is 400. The zero-order chi connectivity index (χ0) is 13.7. The van der Waals surface area contributed by atoms with E-state index in [-0.39, 0.29) is 18.1 Å². The van der Waals surface area contributed by atoms with Gasteiger partial charge in [0.05, 0.1) is 12.1 Å². The number of likely N-dealkylation sites (tertiary alicyclic amines) is 1. The number of likely N-dealkylation sites (N-methyl/N-ethyl adjacent to an activating group) is 1. The van der Waals surface area contributed by atoms with Crippen LogP contribution in [0.1, 0.15) is 18.4 Å². The summed E-state index contributed by atoms with van der Waals surface area (Å²) in [5.41, 5.74) is 1.16. The Kier molecular flexibility index (Phi) is 4.93. The third-order valence-electron chi connectivity index (χ3n) is 3.71. The molecule has 1 aromatic rings. The lowest BCUT2D eigenvalue weighted by Gasteiger charge is -2.32. The normalized spacial score (nSPS) is 18.3. The van der Waals surface area contributed by atoms with Gasteiger partial charge >= 0.3 is 0 Å². The molecule has 4 heteroatoms. The Morgan fingerprint density at radius 2 is 2.00 bits per heavy atom. The highest BCUT2D eigenvalue weighted by Gasteiger charge is 2.26. The molecule has 1 amide bonds. The van der Waals surface area contributed by atoms with Crippen molar-refractivity contribution in [2.75, 3.05) is 20.1 Å². The van der Waals surface area contributed by atoms with Gasteiger partial charge in [0.25, 0.3) is 0 Å². The third kappa shape index (κ3) is 3.78. The van der Waals surface area contributed by atoms with Crippen molar-refractivity contribution in [3.63, 3.8) is 0 Å². The molecule has 1 aromatic carbocycles. The van der Waals surface area contributed by atoms with Crippen LogP contribution < -0.4 is 5.32 Å². The number of aliphatic hydroxyl groups is 1. The Labute approximate surface area is 114 Å². The second-order valence-corrected chi connectivity index (χ2v) is 5.09. The molecule has 0 radical (unpaired) electrons. The van der Waals surface area contributed by atoms with E-state index in [1.807, 2.05) is 42.3 Å². The molecule has 1 heterocycles. The third-order valence-corrected chi connectivity index (χ3v) is 3.71. The highest BCUT2D eigenvalue weighted by atomic mass is 16.3. The van der Waals surface area contributed by atoms with Crippen LogP contribution in [-0.4, -0.2) is 48.2 Å². The van der Waals surface area contributed by atoms with Gasteiger partial charge in [-0.05, 0) is 31.9 Å². The van der Waals surface area contributed by atoms with Crippen LogP contribution in [0.5, 0.6) is 0 Å². The molecular weight excluding hydrogens is 240 g/mol. The van der Waals surface area contributed by atoms with E-state index in [2.05, 4.69) is 5.32 Å². The molecule has 19 heavy (non-hydrogen) atoms. The number of carbonyl (C=O) groups is 1. The zero-order valence-corrected chi connectivity index (χ0v) is 11.4. The summed E-state index contributed by atoms with van der Waals surface area (Å²) in [6.45, 7) is 1.32. The topological polar surface area (TPSA) is 52.6 Å². The predicted molar refractivity (Wildman–Crippen MR) is 74.8 cm³/mol. The van der Waals surface area contributed by atoms with Crippen LogP contribution in [0.25, 0.3) is 0 Å². The number of aliphatic hydroxyl groups excluding tert-OH is 1. The SMILES string of the molecule is CN[C@H](Cc1ccccc1)C(=O)N1CCC(O)CC1. The number of carbonyl (C=O) groups excluding carboxylic acids is 1. The van der Waals surface area contributed by atoms with E-state index in [4.69, 9.17) is 0 Å². The molecule has 0 saturated carbocycles. The summed E-state index contributed by atoms with van der Waals surface area (Å²) in [7, 11) is 1.82. The zero-order valence-electron chi connectivity index (χ0n) is 11.4. The van der Waals surface area contributed by atoms with Gasteiger partial charge in [0.2, 0.25) is 5.91 Å². The molecule has 104 valence electrons. The first-order valence-electron chi connectivity index (χ1n) is 6.88. The second-order valence-electron chi connectivity index (χ2n) is 5.09. The lowest BCUT2D eigenvalue weighted by Crippen LogP contribution is -2.49. The number of hydrogen-bond donors (Lipinski definition) is 2. The van der Waals surface area contributed by atoms with Crippen LogP contribution in [0.3, 0.4) is 0 Å². The molecule has 0 spiro atoms. The van der Waals surface area contributed by atoms with Gasteiger partial charge in [-0.3, -0.25) is 4.79 Å². The van der Waals surface area contributed by atoms with Gasteiger partial charge in [0, 0.05) is 13.1 Å². The lowest BCUT2D eigenvalue weighted by atomic mass is 10.0. The van der Waals surface area contributed by atoms with Crippen LogP contribution in [0.4, 0.5) is 0 Å². The monoisotopic (exact) mass is 262 g/mol. The molecule has 1 fully saturated rings. The van der Waals surface area contributed by atoms with Crippen molar-refractivity contribution in [2.24, 2.45) is 0 Å². The Morgan fingerprint density at radius 3 is 2.58 bits per heavy atom. The highest BCUT2D eigenvalue weighted by molar-refractivity contribution is 5.82. The minimum Gasteiger partial charge on any atom is -0.393 e. The molecule has 4 nitrogen and oxygen atoms in total. The number of nitrogens with zero attached hydrogens (tertiary/aromatic N) is 1. The fourth-order valence-corrected chi connectivity index (χ4v) is 2.47. The summed E-state index contributed by atoms with van der Waals surface area (Å²) in [6.07, 6.45) is 1.84. The smallest absolute Gasteiger partial charge is 0.240 e. The first kappa shape index (κ1) is 14.0. The number of hydrogen-bond acceptors (Lipinski definition) is 3. The van der Waals surface area contributed by atoms with Crippen LogP contribution >= 0.6 is 0 Å². The van der Waals surface area contributed by atoms with Gasteiger partial charge in [0.15, 0.2) is 0 Å². The molecule has 2 rings (SSSR count). The maximum Gasteiger partial charge on any atom is 0.240 e. The number of rotatable bonds is 4. The van der Waals surface area contributed by atoms with E-state index in [1.165, 1.54) is 0 Å². The number of piperidine rings is 1. The van der Waals surface area contributed by atoms with E-state index >= 15 is 0 Å². The molecule has 0 aromatic heterocycles. The van der Waals surface area contributed by atoms with Crippen molar-refractivity contribution >= 4 is 5.91 Å². The average molecular weight is 262 g/mol. The first-order chi connectivity index (χ1) is 9.20. The van der Waals surface area contributed by atoms with Crippen molar-refractivity contribution < 1.29 is 9.90 Å². The maximum atomic E-state index is 12.4. The summed E-state index contributed by atoms with van der Waals surface area (Å²) in [4.78, 5) is 14.3. The lowest BCUT2D eigenvalue weighted by molar-refractivity contribution is -0.135. The van der Waals surface area contributed by atoms with Crippen LogP contribution in [-0.2, 0) is 11.2 Å². The highest BCUT2D eigenvalue weighted by Crippen LogP contribution is 2.13. The van der Waals surface area contributed by atoms with E-state index < -0.39 is 0 Å².